The van der Waals surface area contributed by atoms with E-state index in [0.717, 1.165) is 16.5 Å². The molecule has 1 aromatic heterocycles. The molecule has 7 heteroatoms. The van der Waals surface area contributed by atoms with Crippen molar-refractivity contribution in [2.45, 2.75) is 33.4 Å². The van der Waals surface area contributed by atoms with Gasteiger partial charge in [-0.05, 0) is 44.5 Å². The number of ether oxygens (including phenoxy) is 3. The standard InChI is InChI=1S/C24H28N2O5/c1-5-30-21-12-11-17(13-22(21)31-6-2)16(3)25-23(27)15-26-14-19(24(28)29-4)18-9-7-8-10-20(18)26/h7-14,16H,5-6,15H2,1-4H3,(H,25,27). The fourth-order valence-corrected chi connectivity index (χ4v) is 3.51. The highest BCUT2D eigenvalue weighted by molar-refractivity contribution is 6.04. The monoisotopic (exact) mass is 424 g/mol. The molecule has 0 saturated carbocycles. The molecule has 0 fully saturated rings. The molecule has 1 N–H and O–H groups in total. The molecule has 1 unspecified atom stereocenters. The van der Waals surface area contributed by atoms with Gasteiger partial charge in [0, 0.05) is 17.1 Å². The summed E-state index contributed by atoms with van der Waals surface area (Å²) in [5.41, 5.74) is 2.14. The number of aromatic nitrogens is 1. The summed E-state index contributed by atoms with van der Waals surface area (Å²) in [5, 5.41) is 3.76. The van der Waals surface area contributed by atoms with E-state index in [0.29, 0.717) is 30.3 Å². The third-order valence-electron chi connectivity index (χ3n) is 4.95. The van der Waals surface area contributed by atoms with E-state index in [1.807, 2.05) is 63.2 Å². The van der Waals surface area contributed by atoms with Gasteiger partial charge in [-0.15, -0.1) is 0 Å². The molecule has 0 bridgehead atoms. The van der Waals surface area contributed by atoms with Crippen molar-refractivity contribution in [1.82, 2.24) is 9.88 Å². The molecular formula is C24H28N2O5. The smallest absolute Gasteiger partial charge is 0.340 e. The van der Waals surface area contributed by atoms with E-state index in [9.17, 15) is 9.59 Å². The van der Waals surface area contributed by atoms with Gasteiger partial charge in [-0.1, -0.05) is 24.3 Å². The maximum Gasteiger partial charge on any atom is 0.340 e. The number of carbonyl (C=O) groups excluding carboxylic acids is 2. The highest BCUT2D eigenvalue weighted by Gasteiger charge is 2.18. The van der Waals surface area contributed by atoms with Crippen molar-refractivity contribution in [3.8, 4) is 11.5 Å². The number of fused-ring (bicyclic) bond motifs is 1. The van der Waals surface area contributed by atoms with Gasteiger partial charge in [0.15, 0.2) is 11.5 Å². The molecular weight excluding hydrogens is 396 g/mol. The number of benzene rings is 2. The van der Waals surface area contributed by atoms with E-state index in [2.05, 4.69) is 5.32 Å². The summed E-state index contributed by atoms with van der Waals surface area (Å²) < 4.78 is 17.9. The van der Waals surface area contributed by atoms with Gasteiger partial charge in [-0.25, -0.2) is 4.79 Å². The van der Waals surface area contributed by atoms with Crippen molar-refractivity contribution in [2.24, 2.45) is 0 Å². The average Bonchev–Trinajstić information content (AvgIpc) is 3.13. The summed E-state index contributed by atoms with van der Waals surface area (Å²) in [6.45, 7) is 6.90. The van der Waals surface area contributed by atoms with Crippen molar-refractivity contribution >= 4 is 22.8 Å². The van der Waals surface area contributed by atoms with Gasteiger partial charge in [0.1, 0.15) is 6.54 Å². The van der Waals surface area contributed by atoms with Crippen LogP contribution in [-0.2, 0) is 16.1 Å². The average molecular weight is 424 g/mol. The Bertz CT molecular complexity index is 1070. The highest BCUT2D eigenvalue weighted by atomic mass is 16.5. The van der Waals surface area contributed by atoms with Crippen LogP contribution in [0.5, 0.6) is 11.5 Å². The first-order valence-electron chi connectivity index (χ1n) is 10.3. The maximum absolute atomic E-state index is 12.8. The summed E-state index contributed by atoms with van der Waals surface area (Å²) >= 11 is 0. The first-order valence-corrected chi connectivity index (χ1v) is 10.3. The minimum absolute atomic E-state index is 0.0805. The van der Waals surface area contributed by atoms with Crippen LogP contribution >= 0.6 is 0 Å². The van der Waals surface area contributed by atoms with Crippen LogP contribution in [-0.4, -0.2) is 36.8 Å². The van der Waals surface area contributed by atoms with Crippen molar-refractivity contribution in [3.05, 3.63) is 59.8 Å². The summed E-state index contributed by atoms with van der Waals surface area (Å²) in [5.74, 6) is 0.737. The molecule has 7 nitrogen and oxygen atoms in total. The van der Waals surface area contributed by atoms with Crippen molar-refractivity contribution in [3.63, 3.8) is 0 Å². The van der Waals surface area contributed by atoms with Crippen molar-refractivity contribution in [2.75, 3.05) is 20.3 Å². The normalized spacial score (nSPS) is 11.7. The zero-order chi connectivity index (χ0) is 22.4. The Morgan fingerprint density at radius 1 is 1.03 bits per heavy atom. The number of nitrogens with one attached hydrogen (secondary N) is 1. The molecule has 0 spiro atoms. The lowest BCUT2D eigenvalue weighted by Crippen LogP contribution is -2.30. The summed E-state index contributed by atoms with van der Waals surface area (Å²) in [7, 11) is 1.34. The molecule has 3 aromatic rings. The minimum Gasteiger partial charge on any atom is -0.490 e. The molecule has 0 aliphatic heterocycles. The van der Waals surface area contributed by atoms with Crippen LogP contribution in [0.3, 0.4) is 0 Å². The SMILES string of the molecule is CCOc1ccc(C(C)NC(=O)Cn2cc(C(=O)OC)c3ccccc32)cc1OCC. The van der Waals surface area contributed by atoms with E-state index >= 15 is 0 Å². The number of esters is 1. The van der Waals surface area contributed by atoms with Crippen LogP contribution in [0.15, 0.2) is 48.7 Å². The van der Waals surface area contributed by atoms with E-state index < -0.39 is 5.97 Å². The second-order valence-electron chi connectivity index (χ2n) is 7.04. The van der Waals surface area contributed by atoms with Gasteiger partial charge in [-0.3, -0.25) is 4.79 Å². The van der Waals surface area contributed by atoms with Gasteiger partial charge in [-0.2, -0.15) is 0 Å². The van der Waals surface area contributed by atoms with Crippen LogP contribution in [0.2, 0.25) is 0 Å². The number of amides is 1. The molecule has 0 saturated heterocycles. The van der Waals surface area contributed by atoms with E-state index in [-0.39, 0.29) is 18.5 Å². The van der Waals surface area contributed by atoms with Crippen LogP contribution in [0.1, 0.15) is 42.7 Å². The Morgan fingerprint density at radius 3 is 2.45 bits per heavy atom. The molecule has 2 aromatic carbocycles. The Morgan fingerprint density at radius 2 is 1.74 bits per heavy atom. The summed E-state index contributed by atoms with van der Waals surface area (Å²) in [6.07, 6.45) is 1.66. The Hall–Kier alpha value is -3.48. The van der Waals surface area contributed by atoms with E-state index in [4.69, 9.17) is 14.2 Å². The molecule has 0 aliphatic rings. The lowest BCUT2D eigenvalue weighted by molar-refractivity contribution is -0.122. The molecule has 0 radical (unpaired) electrons. The number of hydrogen-bond donors (Lipinski definition) is 1. The van der Waals surface area contributed by atoms with Crippen LogP contribution in [0.4, 0.5) is 0 Å². The molecule has 1 heterocycles. The zero-order valence-electron chi connectivity index (χ0n) is 18.3. The van der Waals surface area contributed by atoms with Crippen molar-refractivity contribution in [1.29, 1.82) is 0 Å². The first kappa shape index (κ1) is 22.2. The molecule has 31 heavy (non-hydrogen) atoms. The zero-order valence-corrected chi connectivity index (χ0v) is 18.3. The van der Waals surface area contributed by atoms with E-state index in [1.54, 1.807) is 10.8 Å². The molecule has 164 valence electrons. The second kappa shape index (κ2) is 10.0. The highest BCUT2D eigenvalue weighted by Crippen LogP contribution is 2.31. The van der Waals surface area contributed by atoms with Gasteiger partial charge < -0.3 is 24.1 Å². The second-order valence-corrected chi connectivity index (χ2v) is 7.04. The fourth-order valence-electron chi connectivity index (χ4n) is 3.51. The van der Waals surface area contributed by atoms with Gasteiger partial charge in [0.25, 0.3) is 0 Å². The Kier molecular flexibility index (Phi) is 7.18. The maximum atomic E-state index is 12.8. The van der Waals surface area contributed by atoms with Gasteiger partial charge in [0.05, 0.1) is 31.9 Å². The quantitative estimate of drug-likeness (QED) is 0.523. The third kappa shape index (κ3) is 4.99. The minimum atomic E-state index is -0.429. The topological polar surface area (TPSA) is 78.8 Å². The lowest BCUT2D eigenvalue weighted by Gasteiger charge is -2.18. The number of hydrogen-bond acceptors (Lipinski definition) is 5. The number of rotatable bonds is 9. The lowest BCUT2D eigenvalue weighted by atomic mass is 10.1. The number of nitrogens with zero attached hydrogens (tertiary/aromatic N) is 1. The summed E-state index contributed by atoms with van der Waals surface area (Å²) in [6, 6.07) is 12.9. The van der Waals surface area contributed by atoms with Gasteiger partial charge in [0.2, 0.25) is 5.91 Å². The molecule has 1 amide bonds. The molecule has 3 rings (SSSR count). The third-order valence-corrected chi connectivity index (χ3v) is 4.95. The van der Waals surface area contributed by atoms with Crippen molar-refractivity contribution < 1.29 is 23.8 Å². The van der Waals surface area contributed by atoms with Crippen LogP contribution in [0, 0.1) is 0 Å². The largest absolute Gasteiger partial charge is 0.490 e. The van der Waals surface area contributed by atoms with Gasteiger partial charge >= 0.3 is 5.97 Å². The number of methoxy groups -OCH3 is 1. The predicted octanol–water partition coefficient (Wildman–Crippen LogP) is 4.10. The molecule has 1 atom stereocenters. The fraction of sp³-hybridized carbons (Fsp3) is 0.333. The predicted molar refractivity (Wildman–Crippen MR) is 119 cm³/mol. The Labute approximate surface area is 181 Å². The molecule has 0 aliphatic carbocycles. The van der Waals surface area contributed by atoms with Crippen LogP contribution in [0.25, 0.3) is 10.9 Å². The van der Waals surface area contributed by atoms with Crippen LogP contribution < -0.4 is 14.8 Å². The first-order chi connectivity index (χ1) is 15.0. The number of para-hydroxylation sites is 1. The van der Waals surface area contributed by atoms with E-state index in [1.165, 1.54) is 7.11 Å². The summed E-state index contributed by atoms with van der Waals surface area (Å²) in [4.78, 5) is 24.9. The Balaban J connectivity index is 1.77. The number of carbonyl (C=O) groups is 2.